The van der Waals surface area contributed by atoms with Crippen molar-refractivity contribution in [3.05, 3.63) is 11.6 Å². The summed E-state index contributed by atoms with van der Waals surface area (Å²) in [5, 5.41) is 183. The van der Waals surface area contributed by atoms with Gasteiger partial charge in [0.05, 0.1) is 64.1 Å². The van der Waals surface area contributed by atoms with E-state index < -0.39 is 210 Å². The predicted molar refractivity (Wildman–Crippen MR) is 278 cm³/mol. The Morgan fingerprint density at radius 3 is 1.68 bits per heavy atom. The number of aliphatic hydroxyl groups is 17. The van der Waals surface area contributed by atoms with Crippen LogP contribution in [0.3, 0.4) is 0 Å². The molecule has 0 bridgehead atoms. The smallest absolute Gasteiger partial charge is 0.187 e. The number of rotatable bonds is 14. The maximum atomic E-state index is 12.0. The minimum Gasteiger partial charge on any atom is -0.394 e. The van der Waals surface area contributed by atoms with Gasteiger partial charge in [0.25, 0.3) is 0 Å². The minimum absolute atomic E-state index is 0.0443. The van der Waals surface area contributed by atoms with Crippen molar-refractivity contribution in [1.29, 1.82) is 0 Å². The Balaban J connectivity index is 0.720. The largest absolute Gasteiger partial charge is 0.394 e. The van der Waals surface area contributed by atoms with Gasteiger partial charge in [0.2, 0.25) is 0 Å². The number of fused-ring (bicyclic) bond motifs is 7. The van der Waals surface area contributed by atoms with Crippen LogP contribution < -0.4 is 0 Å². The lowest BCUT2D eigenvalue weighted by molar-refractivity contribution is -0.390. The first-order valence-corrected chi connectivity index (χ1v) is 30.1. The highest BCUT2D eigenvalue weighted by molar-refractivity contribution is 5.28. The van der Waals surface area contributed by atoms with Gasteiger partial charge in [-0.1, -0.05) is 39.3 Å². The van der Waals surface area contributed by atoms with Crippen molar-refractivity contribution in [2.45, 2.75) is 250 Å². The Morgan fingerprint density at radius 1 is 0.518 bits per heavy atom. The van der Waals surface area contributed by atoms with E-state index in [2.05, 4.69) is 26.8 Å². The van der Waals surface area contributed by atoms with Crippen LogP contribution in [0.15, 0.2) is 11.6 Å². The van der Waals surface area contributed by atoms with E-state index in [1.165, 1.54) is 0 Å². The van der Waals surface area contributed by atoms with E-state index >= 15 is 0 Å². The molecule has 7 saturated heterocycles. The number of aliphatic hydroxyl groups excluding tert-OH is 17. The van der Waals surface area contributed by atoms with E-state index in [-0.39, 0.29) is 53.4 Å². The maximum Gasteiger partial charge on any atom is 0.187 e. The van der Waals surface area contributed by atoms with Crippen molar-refractivity contribution in [2.75, 3.05) is 39.6 Å². The van der Waals surface area contributed by atoms with Crippen LogP contribution in [0.5, 0.6) is 0 Å². The van der Waals surface area contributed by atoms with Gasteiger partial charge < -0.3 is 144 Å². The van der Waals surface area contributed by atoms with Crippen LogP contribution in [0.4, 0.5) is 0 Å². The molecule has 4 aliphatic carbocycles. The number of ether oxygens (including phenoxy) is 12. The third-order valence-corrected chi connectivity index (χ3v) is 21.8. The Hall–Kier alpha value is -1.42. The summed E-state index contributed by atoms with van der Waals surface area (Å²) in [6, 6.07) is 0. The number of hydrogen-bond donors (Lipinski definition) is 17. The van der Waals surface area contributed by atoms with Crippen molar-refractivity contribution in [3.63, 3.8) is 0 Å². The maximum absolute atomic E-state index is 12.0. The first-order valence-electron chi connectivity index (χ1n) is 30.1. The Bertz CT molecular complexity index is 2290. The molecule has 11 rings (SSSR count). The summed E-state index contributed by atoms with van der Waals surface area (Å²) in [4.78, 5) is 0. The number of allylic oxidation sites excluding steroid dienone is 1. The fourth-order valence-corrected chi connectivity index (χ4v) is 16.9. The molecule has 7 heterocycles. The average Bonchev–Trinajstić information content (AvgIpc) is 1.59. The molecule has 29 heteroatoms. The SMILES string of the molecule is CC1COC2(CC1OC1OC(CO)C(O)C(O)C1O)OC1CC3C4CC=C5CC(OC6OC(CO)C(OC7OC(CO)C(O)C(OC8OCC(O)C(O)C8OC8OC(CO)C(O)C(O)C8O)C7O)C(O)C6O)C(O)CC5(C)C4CCC3(C)C1C2C. The fraction of sp³-hybridized carbons (Fsp3) is 0.964. The summed E-state index contributed by atoms with van der Waals surface area (Å²) >= 11 is 0. The molecule has 7 aliphatic heterocycles. The molecule has 3 saturated carbocycles. The van der Waals surface area contributed by atoms with Crippen LogP contribution in [0.25, 0.3) is 0 Å². The zero-order valence-corrected chi connectivity index (χ0v) is 47.9. The van der Waals surface area contributed by atoms with Gasteiger partial charge in [-0.25, -0.2) is 0 Å². The summed E-state index contributed by atoms with van der Waals surface area (Å²) in [5.74, 6) is -0.233. The molecule has 0 aromatic rings. The normalized spacial score (nSPS) is 57.1. The van der Waals surface area contributed by atoms with Crippen molar-refractivity contribution >= 4 is 0 Å². The van der Waals surface area contributed by atoms with Crippen molar-refractivity contribution in [2.24, 2.45) is 46.3 Å². The van der Waals surface area contributed by atoms with Gasteiger partial charge in [0.1, 0.15) is 116 Å². The first kappa shape index (κ1) is 65.1. The zero-order chi connectivity index (χ0) is 61.1. The van der Waals surface area contributed by atoms with Crippen LogP contribution in [-0.4, -0.2) is 304 Å². The van der Waals surface area contributed by atoms with Crippen LogP contribution in [0.2, 0.25) is 0 Å². The standard InChI is InChI=1S/C56H90O29/c1-19-17-75-56(12-29(19)77-49-42(70)39(67)36(64)30(13-57)78-49)20(2)34-28(85-56)10-24-22-6-5-21-9-27(25(61)11-55(21,4)23(22)7-8-54(24,34)3)76-50-44(72)41(69)46(33(16-60)81-50)82-52-45(73)47(38(66)32(15-59)80-52)83-53-48(35(63)26(62)18-74-53)84-51-43(71)40(68)37(65)31(14-58)79-51/h5,19-20,22-53,57-73H,6-18H2,1-4H3. The van der Waals surface area contributed by atoms with E-state index in [1.807, 2.05) is 6.92 Å². The zero-order valence-electron chi connectivity index (χ0n) is 47.9. The summed E-state index contributed by atoms with van der Waals surface area (Å²) < 4.78 is 72.4. The van der Waals surface area contributed by atoms with Crippen molar-refractivity contribution in [3.8, 4) is 0 Å². The summed E-state index contributed by atoms with van der Waals surface area (Å²) in [6.45, 7) is 5.31. The highest BCUT2D eigenvalue weighted by Crippen LogP contribution is 2.71. The van der Waals surface area contributed by atoms with Crippen LogP contribution in [-0.2, 0) is 56.8 Å². The van der Waals surface area contributed by atoms with Gasteiger partial charge in [-0.05, 0) is 73.0 Å². The molecule has 0 radical (unpaired) electrons. The molecule has 0 amide bonds. The quantitative estimate of drug-likeness (QED) is 0.0719. The summed E-state index contributed by atoms with van der Waals surface area (Å²) in [6.07, 6.45) is -36.9. The molecule has 10 fully saturated rings. The van der Waals surface area contributed by atoms with E-state index in [0.717, 1.165) is 31.3 Å². The van der Waals surface area contributed by atoms with E-state index in [4.69, 9.17) is 56.8 Å². The molecule has 488 valence electrons. The molecular weight excluding hydrogens is 1140 g/mol. The lowest BCUT2D eigenvalue weighted by Gasteiger charge is -2.59. The van der Waals surface area contributed by atoms with Gasteiger partial charge >= 0.3 is 0 Å². The Morgan fingerprint density at radius 2 is 1.06 bits per heavy atom. The average molecular weight is 1230 g/mol. The van der Waals surface area contributed by atoms with Crippen molar-refractivity contribution < 1.29 is 144 Å². The molecule has 11 aliphatic rings. The molecule has 1 spiro atoms. The number of hydrogen-bond acceptors (Lipinski definition) is 29. The predicted octanol–water partition coefficient (Wildman–Crippen LogP) is -6.58. The second-order valence-electron chi connectivity index (χ2n) is 26.5. The lowest BCUT2D eigenvalue weighted by Crippen LogP contribution is -2.67. The molecule has 29 nitrogen and oxygen atoms in total. The molecule has 37 unspecified atom stereocenters. The molecular formula is C56H90O29. The highest BCUT2D eigenvalue weighted by Gasteiger charge is 2.70. The first-order chi connectivity index (χ1) is 40.3. The Kier molecular flexibility index (Phi) is 19.3. The highest BCUT2D eigenvalue weighted by atomic mass is 16.8. The van der Waals surface area contributed by atoms with Crippen LogP contribution in [0.1, 0.15) is 72.6 Å². The summed E-state index contributed by atoms with van der Waals surface area (Å²) in [5.41, 5.74) is 0.553. The summed E-state index contributed by atoms with van der Waals surface area (Å²) in [7, 11) is 0. The van der Waals surface area contributed by atoms with Crippen LogP contribution in [0, 0.1) is 46.3 Å². The van der Waals surface area contributed by atoms with E-state index in [0.29, 0.717) is 19.4 Å². The molecule has 37 atom stereocenters. The van der Waals surface area contributed by atoms with Gasteiger partial charge in [0.15, 0.2) is 37.2 Å². The Labute approximate surface area is 490 Å². The fourth-order valence-electron chi connectivity index (χ4n) is 16.9. The lowest BCUT2D eigenvalue weighted by atomic mass is 9.46. The minimum atomic E-state index is -2.05. The third kappa shape index (κ3) is 11.3. The topological polar surface area (TPSA) is 455 Å². The van der Waals surface area contributed by atoms with E-state index in [1.54, 1.807) is 0 Å². The van der Waals surface area contributed by atoms with Gasteiger partial charge in [-0.15, -0.1) is 0 Å². The molecule has 0 aromatic carbocycles. The van der Waals surface area contributed by atoms with Gasteiger partial charge in [-0.3, -0.25) is 0 Å². The van der Waals surface area contributed by atoms with E-state index in [9.17, 15) is 86.8 Å². The third-order valence-electron chi connectivity index (χ3n) is 21.8. The van der Waals surface area contributed by atoms with Crippen molar-refractivity contribution in [1.82, 2.24) is 0 Å². The molecule has 0 aromatic heterocycles. The van der Waals surface area contributed by atoms with Gasteiger partial charge in [-0.2, -0.15) is 0 Å². The molecule has 85 heavy (non-hydrogen) atoms. The monoisotopic (exact) mass is 1230 g/mol. The van der Waals surface area contributed by atoms with Crippen LogP contribution >= 0.6 is 0 Å². The second kappa shape index (κ2) is 25.2. The second-order valence-corrected chi connectivity index (χ2v) is 26.5. The van der Waals surface area contributed by atoms with Gasteiger partial charge in [0, 0.05) is 18.3 Å². The molecule has 17 N–H and O–H groups in total.